The Morgan fingerprint density at radius 1 is 0.946 bits per heavy atom. The van der Waals surface area contributed by atoms with Crippen molar-refractivity contribution in [3.05, 3.63) is 65.6 Å². The highest BCUT2D eigenvalue weighted by Gasteiger charge is 2.25. The number of amides is 2. The lowest BCUT2D eigenvalue weighted by Gasteiger charge is -2.37. The number of benzene rings is 1. The summed E-state index contributed by atoms with van der Waals surface area (Å²) in [6.45, 7) is 9.66. The minimum Gasteiger partial charge on any atom is -0.378 e. The molecule has 2 aromatic heterocycles. The monoisotopic (exact) mass is 503 g/mol. The number of aryl methyl sites for hydroxylation is 2. The van der Waals surface area contributed by atoms with E-state index in [0.29, 0.717) is 50.6 Å². The van der Waals surface area contributed by atoms with Gasteiger partial charge in [-0.2, -0.15) is 5.10 Å². The SMILES string of the molecule is Cc1cc(C)n(CC(=O)N2CCN(c3ccccc3C(=O)Nc3ccc(N4CCOCC4)nc3)CC2)n1. The standard InChI is InChI=1S/C27H33N7O3/c1-20-17-21(2)34(30-20)19-26(35)33-11-9-31(10-12-33)24-6-4-3-5-23(24)27(36)29-22-7-8-25(28-18-22)32-13-15-37-16-14-32/h3-8,17-18H,9-16,19H2,1-2H3,(H,29,36). The van der Waals surface area contributed by atoms with Crippen LogP contribution in [0.5, 0.6) is 0 Å². The smallest absolute Gasteiger partial charge is 0.257 e. The number of para-hydroxylation sites is 1. The second-order valence-electron chi connectivity index (χ2n) is 9.43. The number of hydrogen-bond acceptors (Lipinski definition) is 7. The van der Waals surface area contributed by atoms with Gasteiger partial charge in [-0.15, -0.1) is 0 Å². The van der Waals surface area contributed by atoms with Gasteiger partial charge in [-0.3, -0.25) is 14.3 Å². The van der Waals surface area contributed by atoms with E-state index in [1.54, 1.807) is 10.9 Å². The molecule has 4 heterocycles. The molecule has 5 rings (SSSR count). The number of hydrogen-bond donors (Lipinski definition) is 1. The van der Waals surface area contributed by atoms with Crippen molar-refractivity contribution in [2.24, 2.45) is 0 Å². The third kappa shape index (κ3) is 5.75. The predicted octanol–water partition coefficient (Wildman–Crippen LogP) is 2.33. The summed E-state index contributed by atoms with van der Waals surface area (Å²) in [5.41, 5.74) is 4.01. The molecule has 2 fully saturated rings. The van der Waals surface area contributed by atoms with Crippen LogP contribution in [0, 0.1) is 13.8 Å². The number of piperazine rings is 1. The van der Waals surface area contributed by atoms with E-state index in [-0.39, 0.29) is 18.4 Å². The Kier molecular flexibility index (Phi) is 7.36. The van der Waals surface area contributed by atoms with Crippen molar-refractivity contribution in [1.82, 2.24) is 19.7 Å². The van der Waals surface area contributed by atoms with E-state index >= 15 is 0 Å². The molecule has 2 saturated heterocycles. The van der Waals surface area contributed by atoms with Crippen molar-refractivity contribution in [1.29, 1.82) is 0 Å². The summed E-state index contributed by atoms with van der Waals surface area (Å²) in [5.74, 6) is 0.761. The molecule has 1 N–H and O–H groups in total. The van der Waals surface area contributed by atoms with Gasteiger partial charge in [-0.1, -0.05) is 12.1 Å². The maximum absolute atomic E-state index is 13.2. The van der Waals surface area contributed by atoms with Gasteiger partial charge < -0.3 is 24.8 Å². The summed E-state index contributed by atoms with van der Waals surface area (Å²) in [6, 6.07) is 13.4. The number of nitrogens with zero attached hydrogens (tertiary/aromatic N) is 6. The van der Waals surface area contributed by atoms with Crippen molar-refractivity contribution >= 4 is 29.0 Å². The van der Waals surface area contributed by atoms with Crippen molar-refractivity contribution in [2.45, 2.75) is 20.4 Å². The molecule has 0 unspecified atom stereocenters. The molecule has 0 bridgehead atoms. The Balaban J connectivity index is 1.20. The summed E-state index contributed by atoms with van der Waals surface area (Å²) >= 11 is 0. The lowest BCUT2D eigenvalue weighted by Crippen LogP contribution is -2.50. The summed E-state index contributed by atoms with van der Waals surface area (Å²) < 4.78 is 7.16. The number of aromatic nitrogens is 3. The normalized spacial score (nSPS) is 16.1. The van der Waals surface area contributed by atoms with Gasteiger partial charge in [0, 0.05) is 50.6 Å². The Morgan fingerprint density at radius 2 is 1.70 bits per heavy atom. The summed E-state index contributed by atoms with van der Waals surface area (Å²) in [6.07, 6.45) is 1.69. The van der Waals surface area contributed by atoms with E-state index < -0.39 is 0 Å². The van der Waals surface area contributed by atoms with Crippen LogP contribution in [-0.4, -0.2) is 84.0 Å². The Bertz CT molecular complexity index is 1240. The molecule has 3 aromatic rings. The topological polar surface area (TPSA) is 95.8 Å². The van der Waals surface area contributed by atoms with Gasteiger partial charge in [0.1, 0.15) is 12.4 Å². The molecule has 2 aliphatic heterocycles. The highest BCUT2D eigenvalue weighted by atomic mass is 16.5. The van der Waals surface area contributed by atoms with Gasteiger partial charge in [0.15, 0.2) is 0 Å². The molecule has 0 atom stereocenters. The molecule has 10 heteroatoms. The van der Waals surface area contributed by atoms with Crippen LogP contribution in [0.2, 0.25) is 0 Å². The third-order valence-corrected chi connectivity index (χ3v) is 6.85. The second kappa shape index (κ2) is 11.0. The number of morpholine rings is 1. The van der Waals surface area contributed by atoms with Crippen LogP contribution >= 0.6 is 0 Å². The first-order chi connectivity index (χ1) is 18.0. The molecule has 37 heavy (non-hydrogen) atoms. The molecule has 0 aliphatic carbocycles. The fourth-order valence-electron chi connectivity index (χ4n) is 4.84. The van der Waals surface area contributed by atoms with Gasteiger partial charge >= 0.3 is 0 Å². The van der Waals surface area contributed by atoms with Crippen LogP contribution in [0.3, 0.4) is 0 Å². The predicted molar refractivity (Wildman–Crippen MR) is 142 cm³/mol. The number of rotatable bonds is 6. The van der Waals surface area contributed by atoms with Crippen LogP contribution in [0.4, 0.5) is 17.2 Å². The molecule has 0 spiro atoms. The van der Waals surface area contributed by atoms with E-state index in [1.807, 2.05) is 61.2 Å². The Labute approximate surface area is 216 Å². The van der Waals surface area contributed by atoms with E-state index in [4.69, 9.17) is 4.74 Å². The number of carbonyl (C=O) groups excluding carboxylic acids is 2. The zero-order valence-corrected chi connectivity index (χ0v) is 21.4. The summed E-state index contributed by atoms with van der Waals surface area (Å²) in [7, 11) is 0. The lowest BCUT2D eigenvalue weighted by molar-refractivity contribution is -0.132. The second-order valence-corrected chi connectivity index (χ2v) is 9.43. The number of pyridine rings is 1. The molecule has 0 saturated carbocycles. The van der Waals surface area contributed by atoms with Crippen LogP contribution in [0.15, 0.2) is 48.7 Å². The fourth-order valence-corrected chi connectivity index (χ4v) is 4.84. The van der Waals surface area contributed by atoms with Crippen molar-refractivity contribution in [3.8, 4) is 0 Å². The zero-order valence-electron chi connectivity index (χ0n) is 21.4. The number of carbonyl (C=O) groups is 2. The van der Waals surface area contributed by atoms with E-state index in [0.717, 1.165) is 36.0 Å². The average molecular weight is 504 g/mol. The molecule has 10 nitrogen and oxygen atoms in total. The van der Waals surface area contributed by atoms with Gasteiger partial charge in [0.25, 0.3) is 5.91 Å². The van der Waals surface area contributed by atoms with Gasteiger partial charge in [0.05, 0.1) is 36.4 Å². The summed E-state index contributed by atoms with van der Waals surface area (Å²) in [4.78, 5) is 36.8. The highest BCUT2D eigenvalue weighted by molar-refractivity contribution is 6.08. The first-order valence-corrected chi connectivity index (χ1v) is 12.7. The lowest BCUT2D eigenvalue weighted by atomic mass is 10.1. The first kappa shape index (κ1) is 24.8. The zero-order chi connectivity index (χ0) is 25.8. The van der Waals surface area contributed by atoms with Crippen LogP contribution < -0.4 is 15.1 Å². The van der Waals surface area contributed by atoms with Crippen molar-refractivity contribution in [3.63, 3.8) is 0 Å². The number of nitrogens with one attached hydrogen (secondary N) is 1. The molecule has 0 radical (unpaired) electrons. The molecular weight excluding hydrogens is 470 g/mol. The fraction of sp³-hybridized carbons (Fsp3) is 0.407. The maximum atomic E-state index is 13.2. The largest absolute Gasteiger partial charge is 0.378 e. The number of anilines is 3. The van der Waals surface area contributed by atoms with Gasteiger partial charge in [-0.25, -0.2) is 4.98 Å². The van der Waals surface area contributed by atoms with E-state index in [2.05, 4.69) is 25.2 Å². The number of ether oxygens (including phenoxy) is 1. The summed E-state index contributed by atoms with van der Waals surface area (Å²) in [5, 5.41) is 7.39. The Hall–Kier alpha value is -3.92. The van der Waals surface area contributed by atoms with Gasteiger partial charge in [0.2, 0.25) is 5.91 Å². The average Bonchev–Trinajstić information content (AvgIpc) is 3.25. The molecule has 194 valence electrons. The molecule has 1 aromatic carbocycles. The van der Waals surface area contributed by atoms with Crippen LogP contribution in [0.1, 0.15) is 21.7 Å². The highest BCUT2D eigenvalue weighted by Crippen LogP contribution is 2.24. The minimum absolute atomic E-state index is 0.0601. The van der Waals surface area contributed by atoms with Gasteiger partial charge in [-0.05, 0) is 44.2 Å². The molecule has 2 aliphatic rings. The van der Waals surface area contributed by atoms with E-state index in [9.17, 15) is 9.59 Å². The third-order valence-electron chi connectivity index (χ3n) is 6.85. The molecule has 2 amide bonds. The minimum atomic E-state index is -0.181. The maximum Gasteiger partial charge on any atom is 0.257 e. The quantitative estimate of drug-likeness (QED) is 0.552. The van der Waals surface area contributed by atoms with E-state index in [1.165, 1.54) is 0 Å². The van der Waals surface area contributed by atoms with Crippen LogP contribution in [-0.2, 0) is 16.1 Å². The Morgan fingerprint density at radius 3 is 2.38 bits per heavy atom. The first-order valence-electron chi connectivity index (χ1n) is 12.7. The van der Waals surface area contributed by atoms with Crippen molar-refractivity contribution in [2.75, 3.05) is 67.6 Å². The van der Waals surface area contributed by atoms with Crippen molar-refractivity contribution < 1.29 is 14.3 Å². The molecular formula is C27H33N7O3. The van der Waals surface area contributed by atoms with Crippen LogP contribution in [0.25, 0.3) is 0 Å².